The van der Waals surface area contributed by atoms with Gasteiger partial charge in [0.05, 0.1) is 0 Å². The molecule has 2 aromatic carbocycles. The molecule has 0 aliphatic carbocycles. The van der Waals surface area contributed by atoms with Gasteiger partial charge in [0.25, 0.3) is 0 Å². The summed E-state index contributed by atoms with van der Waals surface area (Å²) in [5.74, 6) is 0. The van der Waals surface area contributed by atoms with Crippen molar-refractivity contribution < 1.29 is 4.73 Å². The molecular formula is C18H15NO. The second kappa shape index (κ2) is 5.57. The average molecular weight is 261 g/mol. The van der Waals surface area contributed by atoms with Crippen molar-refractivity contribution in [3.63, 3.8) is 0 Å². The number of fused-ring (bicyclic) bond motifs is 1. The van der Waals surface area contributed by atoms with Crippen molar-refractivity contribution in [2.45, 2.75) is 6.42 Å². The van der Waals surface area contributed by atoms with Crippen LogP contribution in [-0.2, 0) is 6.42 Å². The maximum Gasteiger partial charge on any atom is 0.227 e. The van der Waals surface area contributed by atoms with Crippen LogP contribution in [0.15, 0.2) is 72.9 Å². The molecule has 2 heteroatoms. The van der Waals surface area contributed by atoms with E-state index in [1.165, 1.54) is 5.56 Å². The molecule has 0 spiro atoms. The van der Waals surface area contributed by atoms with Gasteiger partial charge in [-0.25, -0.2) is 0 Å². The molecule has 0 bridgehead atoms. The number of aromatic nitrogens is 1. The molecular weight excluding hydrogens is 246 g/mol. The molecule has 0 aliphatic heterocycles. The van der Waals surface area contributed by atoms with Crippen LogP contribution in [0.4, 0.5) is 0 Å². The highest BCUT2D eigenvalue weighted by Gasteiger charge is 2.07. The quantitative estimate of drug-likeness (QED) is 0.521. The van der Waals surface area contributed by atoms with E-state index in [9.17, 15) is 5.21 Å². The van der Waals surface area contributed by atoms with E-state index in [4.69, 9.17) is 0 Å². The molecule has 20 heavy (non-hydrogen) atoms. The number of rotatable bonds is 3. The minimum absolute atomic E-state index is 0.748. The highest BCUT2D eigenvalue weighted by atomic mass is 16.5. The summed E-state index contributed by atoms with van der Waals surface area (Å²) in [7, 11) is 0. The van der Waals surface area contributed by atoms with Crippen LogP contribution in [0, 0.1) is 5.21 Å². The number of nitrogens with zero attached hydrogens (tertiary/aromatic N) is 1. The summed E-state index contributed by atoms with van der Waals surface area (Å²) in [5, 5.41) is 12.9. The van der Waals surface area contributed by atoms with Crippen LogP contribution in [0.3, 0.4) is 0 Å². The number of allylic oxidation sites excluding steroid dienone is 1. The monoisotopic (exact) mass is 261 g/mol. The fourth-order valence-electron chi connectivity index (χ4n) is 2.36. The van der Waals surface area contributed by atoms with Crippen molar-refractivity contribution in [2.24, 2.45) is 0 Å². The SMILES string of the molecule is [O-][n+]1cccc2cccc(C/C=C/c3ccccc3)c21. The Morgan fingerprint density at radius 3 is 2.55 bits per heavy atom. The van der Waals surface area contributed by atoms with Gasteiger partial charge in [-0.2, -0.15) is 4.73 Å². The third kappa shape index (κ3) is 2.54. The zero-order chi connectivity index (χ0) is 13.8. The third-order valence-corrected chi connectivity index (χ3v) is 3.32. The van der Waals surface area contributed by atoms with Crippen LogP contribution in [-0.4, -0.2) is 0 Å². The summed E-state index contributed by atoms with van der Waals surface area (Å²) < 4.78 is 0.945. The molecule has 0 aliphatic rings. The molecule has 2 nitrogen and oxygen atoms in total. The molecule has 0 amide bonds. The highest BCUT2D eigenvalue weighted by Crippen LogP contribution is 2.16. The van der Waals surface area contributed by atoms with E-state index in [-0.39, 0.29) is 0 Å². The van der Waals surface area contributed by atoms with Gasteiger partial charge in [0.2, 0.25) is 5.52 Å². The summed E-state index contributed by atoms with van der Waals surface area (Å²) in [4.78, 5) is 0. The van der Waals surface area contributed by atoms with Crippen molar-refractivity contribution in [3.05, 3.63) is 89.3 Å². The van der Waals surface area contributed by atoms with Crippen molar-refractivity contribution >= 4 is 17.0 Å². The molecule has 98 valence electrons. The van der Waals surface area contributed by atoms with E-state index in [2.05, 4.69) is 24.3 Å². The topological polar surface area (TPSA) is 26.9 Å². The Balaban J connectivity index is 1.90. The molecule has 0 radical (unpaired) electrons. The predicted octanol–water partition coefficient (Wildman–Crippen LogP) is 3.73. The van der Waals surface area contributed by atoms with Crippen LogP contribution in [0.1, 0.15) is 11.1 Å². The first-order valence-corrected chi connectivity index (χ1v) is 6.66. The predicted molar refractivity (Wildman–Crippen MR) is 82.1 cm³/mol. The van der Waals surface area contributed by atoms with Crippen LogP contribution in [0.5, 0.6) is 0 Å². The van der Waals surface area contributed by atoms with E-state index >= 15 is 0 Å². The molecule has 3 rings (SSSR count). The lowest BCUT2D eigenvalue weighted by Gasteiger charge is -2.05. The smallest absolute Gasteiger partial charge is 0.227 e. The lowest BCUT2D eigenvalue weighted by molar-refractivity contribution is -0.577. The number of benzene rings is 2. The van der Waals surface area contributed by atoms with Gasteiger partial charge in [0.1, 0.15) is 0 Å². The normalized spacial score (nSPS) is 11.2. The molecule has 0 saturated heterocycles. The lowest BCUT2D eigenvalue weighted by atomic mass is 10.1. The number of para-hydroxylation sites is 1. The third-order valence-electron chi connectivity index (χ3n) is 3.32. The van der Waals surface area contributed by atoms with Gasteiger partial charge >= 0.3 is 0 Å². The fourth-order valence-corrected chi connectivity index (χ4v) is 2.36. The first-order chi connectivity index (χ1) is 9.84. The van der Waals surface area contributed by atoms with E-state index < -0.39 is 0 Å². The maximum absolute atomic E-state index is 11.9. The maximum atomic E-state index is 11.9. The van der Waals surface area contributed by atoms with Crippen LogP contribution < -0.4 is 4.73 Å². The van der Waals surface area contributed by atoms with E-state index in [1.807, 2.05) is 42.5 Å². The zero-order valence-corrected chi connectivity index (χ0v) is 11.1. The average Bonchev–Trinajstić information content (AvgIpc) is 2.49. The number of pyridine rings is 1. The Morgan fingerprint density at radius 2 is 1.70 bits per heavy atom. The van der Waals surface area contributed by atoms with E-state index in [0.717, 1.165) is 27.6 Å². The van der Waals surface area contributed by atoms with Gasteiger partial charge in [0, 0.05) is 17.0 Å². The largest absolute Gasteiger partial charge is 0.618 e. The molecule has 3 aromatic rings. The van der Waals surface area contributed by atoms with Gasteiger partial charge in [-0.15, -0.1) is 0 Å². The van der Waals surface area contributed by atoms with Gasteiger partial charge < -0.3 is 5.21 Å². The Kier molecular flexibility index (Phi) is 3.46. The minimum Gasteiger partial charge on any atom is -0.618 e. The van der Waals surface area contributed by atoms with Crippen molar-refractivity contribution in [2.75, 3.05) is 0 Å². The van der Waals surface area contributed by atoms with Crippen LogP contribution in [0.25, 0.3) is 17.0 Å². The standard InChI is InChI=1S/C18H15NO/c20-19-14-6-13-17-12-5-11-16(18(17)19)10-4-9-15-7-2-1-3-8-15/h1-9,11-14H,10H2/b9-4+. The van der Waals surface area contributed by atoms with Crippen molar-refractivity contribution in [1.82, 2.24) is 0 Å². The molecule has 0 atom stereocenters. The Bertz CT molecular complexity index is 742. The van der Waals surface area contributed by atoms with Gasteiger partial charge in [-0.1, -0.05) is 54.6 Å². The molecule has 0 saturated carbocycles. The molecule has 0 N–H and O–H groups in total. The van der Waals surface area contributed by atoms with E-state index in [1.54, 1.807) is 12.3 Å². The molecule has 1 aromatic heterocycles. The highest BCUT2D eigenvalue weighted by molar-refractivity contribution is 5.79. The zero-order valence-electron chi connectivity index (χ0n) is 11.1. The Hall–Kier alpha value is -2.61. The first-order valence-electron chi connectivity index (χ1n) is 6.66. The first kappa shape index (κ1) is 12.4. The number of hydrogen-bond acceptors (Lipinski definition) is 1. The Labute approximate surface area is 118 Å². The second-order valence-corrected chi connectivity index (χ2v) is 4.71. The second-order valence-electron chi connectivity index (χ2n) is 4.71. The summed E-state index contributed by atoms with van der Waals surface area (Å²) in [6, 6.07) is 19.9. The summed E-state index contributed by atoms with van der Waals surface area (Å²) >= 11 is 0. The van der Waals surface area contributed by atoms with E-state index in [0.29, 0.717) is 0 Å². The number of hydrogen-bond donors (Lipinski definition) is 0. The van der Waals surface area contributed by atoms with Crippen LogP contribution >= 0.6 is 0 Å². The van der Waals surface area contributed by atoms with Crippen molar-refractivity contribution in [3.8, 4) is 0 Å². The van der Waals surface area contributed by atoms with Gasteiger partial charge in [-0.3, -0.25) is 0 Å². The molecule has 0 unspecified atom stereocenters. The molecule has 0 fully saturated rings. The summed E-state index contributed by atoms with van der Waals surface area (Å²) in [6.45, 7) is 0. The minimum atomic E-state index is 0.748. The summed E-state index contributed by atoms with van der Waals surface area (Å²) in [5.41, 5.74) is 2.97. The van der Waals surface area contributed by atoms with Crippen LogP contribution in [0.2, 0.25) is 0 Å². The fraction of sp³-hybridized carbons (Fsp3) is 0.0556. The lowest BCUT2D eigenvalue weighted by Crippen LogP contribution is -2.26. The van der Waals surface area contributed by atoms with Gasteiger partial charge in [0.15, 0.2) is 6.20 Å². The van der Waals surface area contributed by atoms with Crippen molar-refractivity contribution in [1.29, 1.82) is 0 Å². The van der Waals surface area contributed by atoms with Gasteiger partial charge in [-0.05, 0) is 24.1 Å². The summed E-state index contributed by atoms with van der Waals surface area (Å²) in [6.07, 6.45) is 6.47. The molecule has 1 heterocycles. The Morgan fingerprint density at radius 1 is 0.900 bits per heavy atom.